The van der Waals surface area contributed by atoms with E-state index in [-0.39, 0.29) is 16.4 Å². The van der Waals surface area contributed by atoms with Crippen LogP contribution in [-0.4, -0.2) is 28.5 Å². The third-order valence-corrected chi connectivity index (χ3v) is 3.72. The highest BCUT2D eigenvalue weighted by molar-refractivity contribution is 7.80. The summed E-state index contributed by atoms with van der Waals surface area (Å²) in [6.45, 7) is 4.56. The van der Waals surface area contributed by atoms with Crippen LogP contribution in [-0.2, 0) is 0 Å². The molecule has 2 aromatic rings. The monoisotopic (exact) mass is 416 g/mol. The van der Waals surface area contributed by atoms with Gasteiger partial charge < -0.3 is 4.74 Å². The number of amides is 2. The zero-order chi connectivity index (χ0) is 21.4. The van der Waals surface area contributed by atoms with Crippen molar-refractivity contribution < 1.29 is 19.2 Å². The third kappa shape index (κ3) is 6.85. The second-order valence-electron chi connectivity index (χ2n) is 6.40. The Hall–Kier alpha value is -3.53. The molecule has 0 unspecified atom stereocenters. The van der Waals surface area contributed by atoms with Gasteiger partial charge in [-0.15, -0.1) is 0 Å². The summed E-state index contributed by atoms with van der Waals surface area (Å²) in [5.74, 6) is -0.223. The van der Waals surface area contributed by atoms with E-state index in [0.717, 1.165) is 6.07 Å². The molecule has 29 heavy (non-hydrogen) atoms. The van der Waals surface area contributed by atoms with Gasteiger partial charge in [0.1, 0.15) is 5.75 Å². The predicted molar refractivity (Wildman–Crippen MR) is 111 cm³/mol. The summed E-state index contributed by atoms with van der Waals surface area (Å²) in [6, 6.07) is 11.8. The zero-order valence-electron chi connectivity index (χ0n) is 15.8. The maximum absolute atomic E-state index is 12.3. The Morgan fingerprint density at radius 2 is 1.72 bits per heavy atom. The van der Waals surface area contributed by atoms with Crippen LogP contribution in [0.15, 0.2) is 48.5 Å². The number of benzene rings is 2. The van der Waals surface area contributed by atoms with Crippen LogP contribution in [0.1, 0.15) is 34.6 Å². The maximum Gasteiger partial charge on any atom is 0.270 e. The van der Waals surface area contributed by atoms with E-state index in [1.165, 1.54) is 18.2 Å². The molecule has 0 aromatic heterocycles. The lowest BCUT2D eigenvalue weighted by molar-refractivity contribution is -0.384. The number of nitro benzene ring substituents is 1. The average molecular weight is 416 g/mol. The Balaban J connectivity index is 1.89. The summed E-state index contributed by atoms with van der Waals surface area (Å²) in [4.78, 5) is 34.5. The van der Waals surface area contributed by atoms with Crippen LogP contribution < -0.4 is 20.9 Å². The van der Waals surface area contributed by atoms with Crippen molar-refractivity contribution in [1.29, 1.82) is 0 Å². The first-order valence-electron chi connectivity index (χ1n) is 8.65. The van der Waals surface area contributed by atoms with Gasteiger partial charge in [-0.3, -0.25) is 35.9 Å². The van der Waals surface area contributed by atoms with Crippen molar-refractivity contribution in [3.8, 4) is 5.75 Å². The quantitative estimate of drug-likeness (QED) is 0.376. The third-order valence-electron chi connectivity index (χ3n) is 3.52. The number of non-ortho nitro benzene ring substituents is 1. The van der Waals surface area contributed by atoms with Gasteiger partial charge in [-0.05, 0) is 42.4 Å². The van der Waals surface area contributed by atoms with Gasteiger partial charge >= 0.3 is 0 Å². The van der Waals surface area contributed by atoms with Crippen LogP contribution in [0.3, 0.4) is 0 Å². The van der Waals surface area contributed by atoms with Crippen molar-refractivity contribution in [3.63, 3.8) is 0 Å². The SMILES string of the molecule is CC(C)COc1cccc(C(=O)NC(=S)NNC(=O)c2cccc([N+](=O)[O-])c2)c1. The lowest BCUT2D eigenvalue weighted by Crippen LogP contribution is -2.48. The molecule has 0 aliphatic rings. The smallest absolute Gasteiger partial charge is 0.270 e. The molecule has 0 radical (unpaired) electrons. The van der Waals surface area contributed by atoms with E-state index in [9.17, 15) is 19.7 Å². The van der Waals surface area contributed by atoms with E-state index in [1.807, 2.05) is 13.8 Å². The highest BCUT2D eigenvalue weighted by atomic mass is 32.1. The van der Waals surface area contributed by atoms with E-state index in [0.29, 0.717) is 23.8 Å². The van der Waals surface area contributed by atoms with E-state index < -0.39 is 16.7 Å². The Morgan fingerprint density at radius 1 is 1.07 bits per heavy atom. The van der Waals surface area contributed by atoms with E-state index in [2.05, 4.69) is 16.2 Å². The Labute approximate surface area is 172 Å². The lowest BCUT2D eigenvalue weighted by Gasteiger charge is -2.12. The molecule has 2 amide bonds. The molecular weight excluding hydrogens is 396 g/mol. The van der Waals surface area contributed by atoms with Gasteiger partial charge in [-0.2, -0.15) is 0 Å². The number of ether oxygens (including phenoxy) is 1. The van der Waals surface area contributed by atoms with Crippen LogP contribution in [0, 0.1) is 16.0 Å². The first-order valence-corrected chi connectivity index (χ1v) is 9.06. The lowest BCUT2D eigenvalue weighted by atomic mass is 10.2. The van der Waals surface area contributed by atoms with Gasteiger partial charge in [-0.1, -0.05) is 26.0 Å². The van der Waals surface area contributed by atoms with Crippen molar-refractivity contribution in [3.05, 3.63) is 69.8 Å². The van der Waals surface area contributed by atoms with Gasteiger partial charge in [0.25, 0.3) is 17.5 Å². The number of hydrogen-bond acceptors (Lipinski definition) is 6. The first-order chi connectivity index (χ1) is 13.8. The summed E-state index contributed by atoms with van der Waals surface area (Å²) in [5.41, 5.74) is 4.84. The van der Waals surface area contributed by atoms with Gasteiger partial charge in [0.05, 0.1) is 11.5 Å². The number of carbonyl (C=O) groups excluding carboxylic acids is 2. The summed E-state index contributed by atoms with van der Waals surface area (Å²) in [7, 11) is 0. The van der Waals surface area contributed by atoms with Gasteiger partial charge in [0.2, 0.25) is 0 Å². The normalized spacial score (nSPS) is 10.2. The molecule has 0 saturated heterocycles. The molecule has 9 nitrogen and oxygen atoms in total. The molecule has 0 saturated carbocycles. The number of carbonyl (C=O) groups is 2. The molecule has 10 heteroatoms. The van der Waals surface area contributed by atoms with Crippen molar-refractivity contribution in [2.24, 2.45) is 5.92 Å². The topological polar surface area (TPSA) is 123 Å². The molecule has 0 fully saturated rings. The number of nitro groups is 1. The number of hydrogen-bond donors (Lipinski definition) is 3. The second-order valence-corrected chi connectivity index (χ2v) is 6.81. The van der Waals surface area contributed by atoms with Gasteiger partial charge in [0, 0.05) is 23.3 Å². The summed E-state index contributed by atoms with van der Waals surface area (Å²) in [5, 5.41) is 13.1. The number of hydrazine groups is 1. The van der Waals surface area contributed by atoms with E-state index in [1.54, 1.807) is 24.3 Å². The molecule has 0 spiro atoms. The first kappa shape index (κ1) is 21.8. The average Bonchev–Trinajstić information content (AvgIpc) is 2.70. The molecule has 2 aromatic carbocycles. The number of nitrogens with zero attached hydrogens (tertiary/aromatic N) is 1. The molecule has 0 heterocycles. The Morgan fingerprint density at radius 3 is 2.38 bits per heavy atom. The van der Waals surface area contributed by atoms with E-state index >= 15 is 0 Å². The number of nitrogens with one attached hydrogen (secondary N) is 3. The predicted octanol–water partition coefficient (Wildman–Crippen LogP) is 2.58. The largest absolute Gasteiger partial charge is 0.493 e. The minimum Gasteiger partial charge on any atom is -0.493 e. The second kappa shape index (κ2) is 10.1. The Bertz CT molecular complexity index is 932. The van der Waals surface area contributed by atoms with Crippen LogP contribution in [0.5, 0.6) is 5.75 Å². The highest BCUT2D eigenvalue weighted by Crippen LogP contribution is 2.14. The van der Waals surface area contributed by atoms with Crippen molar-refractivity contribution in [2.75, 3.05) is 6.61 Å². The molecule has 0 bridgehead atoms. The fourth-order valence-corrected chi connectivity index (χ4v) is 2.29. The van der Waals surface area contributed by atoms with Crippen molar-refractivity contribution >= 4 is 34.8 Å². The summed E-state index contributed by atoms with van der Waals surface area (Å²) in [6.07, 6.45) is 0. The molecule has 3 N–H and O–H groups in total. The standard InChI is InChI=1S/C19H20N4O5S/c1-12(2)11-28-16-8-4-6-14(10-16)17(24)20-19(29)22-21-18(25)13-5-3-7-15(9-13)23(26)27/h3-10,12H,11H2,1-2H3,(H,21,25)(H2,20,22,24,29). The molecule has 0 aliphatic heterocycles. The Kier molecular flexibility index (Phi) is 7.61. The fraction of sp³-hybridized carbons (Fsp3) is 0.211. The minimum atomic E-state index is -0.644. The minimum absolute atomic E-state index is 0.0656. The van der Waals surface area contributed by atoms with Crippen LogP contribution in [0.2, 0.25) is 0 Å². The fourth-order valence-electron chi connectivity index (χ4n) is 2.14. The van der Waals surface area contributed by atoms with E-state index in [4.69, 9.17) is 17.0 Å². The molecule has 0 aliphatic carbocycles. The van der Waals surface area contributed by atoms with Gasteiger partial charge in [-0.25, -0.2) is 0 Å². The van der Waals surface area contributed by atoms with Crippen LogP contribution >= 0.6 is 12.2 Å². The zero-order valence-corrected chi connectivity index (χ0v) is 16.6. The molecule has 0 atom stereocenters. The van der Waals surface area contributed by atoms with Crippen molar-refractivity contribution in [2.45, 2.75) is 13.8 Å². The van der Waals surface area contributed by atoms with Crippen LogP contribution in [0.25, 0.3) is 0 Å². The molecule has 2 rings (SSSR count). The number of rotatable bonds is 6. The summed E-state index contributed by atoms with van der Waals surface area (Å²) < 4.78 is 5.58. The molecule has 152 valence electrons. The highest BCUT2D eigenvalue weighted by Gasteiger charge is 2.13. The molecular formula is C19H20N4O5S. The van der Waals surface area contributed by atoms with Crippen molar-refractivity contribution in [1.82, 2.24) is 16.2 Å². The maximum atomic E-state index is 12.3. The van der Waals surface area contributed by atoms with Crippen LogP contribution in [0.4, 0.5) is 5.69 Å². The number of thiocarbonyl (C=S) groups is 1. The summed E-state index contributed by atoms with van der Waals surface area (Å²) >= 11 is 4.99. The van der Waals surface area contributed by atoms with Gasteiger partial charge in [0.15, 0.2) is 5.11 Å².